The fraction of sp³-hybridized carbons (Fsp3) is 1.00. The van der Waals surface area contributed by atoms with Gasteiger partial charge in [0, 0.05) is 0 Å². The summed E-state index contributed by atoms with van der Waals surface area (Å²) in [7, 11) is 0. The van der Waals surface area contributed by atoms with Crippen LogP contribution in [0.4, 0.5) is 0 Å². The molecule has 1 spiro atoms. The zero-order valence-electron chi connectivity index (χ0n) is 22.0. The van der Waals surface area contributed by atoms with Crippen LogP contribution in [0.3, 0.4) is 0 Å². The summed E-state index contributed by atoms with van der Waals surface area (Å²) < 4.78 is 0. The first-order valence-electron chi connectivity index (χ1n) is 13.3. The van der Waals surface area contributed by atoms with Gasteiger partial charge in [0.2, 0.25) is 0 Å². The first-order chi connectivity index (χ1) is 13.3. The molecule has 29 heavy (non-hydrogen) atoms. The maximum Gasteiger partial charge on any atom is -0.0202 e. The van der Waals surface area contributed by atoms with Crippen LogP contribution in [0.5, 0.6) is 0 Å². The van der Waals surface area contributed by atoms with E-state index in [0.29, 0.717) is 5.41 Å². The smallest absolute Gasteiger partial charge is 0.0202 e. The molecule has 3 fully saturated rings. The lowest BCUT2D eigenvalue weighted by Gasteiger charge is -2.43. The lowest BCUT2D eigenvalue weighted by atomic mass is 9.61. The molecule has 0 aromatic rings. The van der Waals surface area contributed by atoms with E-state index < -0.39 is 0 Å². The van der Waals surface area contributed by atoms with Crippen LogP contribution >= 0.6 is 0 Å². The Hall–Kier alpha value is 0. The summed E-state index contributed by atoms with van der Waals surface area (Å²) >= 11 is 0. The Labute approximate surface area is 184 Å². The molecule has 3 aliphatic rings. The van der Waals surface area contributed by atoms with Crippen LogP contribution in [0.15, 0.2) is 0 Å². The third-order valence-electron chi connectivity index (χ3n) is 12.1. The fourth-order valence-electron chi connectivity index (χ4n) is 8.84. The van der Waals surface area contributed by atoms with Crippen molar-refractivity contribution >= 4 is 0 Å². The summed E-state index contributed by atoms with van der Waals surface area (Å²) in [6, 6.07) is 0. The SMILES string of the molecule is CC(C)C(C)C(C)C(C)C(C)C(C)C(C)C1CC1(C)C1C(C)C12CCC2C(C)C. The topological polar surface area (TPSA) is 0 Å². The highest BCUT2D eigenvalue weighted by molar-refractivity contribution is 5.26. The number of rotatable bonds is 9. The standard InChI is InChI=1S/C29H54/c1-16(2)18(5)19(6)20(7)21(8)22(9)23(10)26-15-28(26,12)27-24(11)29(27)14-13-25(29)17(3)4/h16-27H,13-15H2,1-12H3. The molecule has 0 heterocycles. The lowest BCUT2D eigenvalue weighted by molar-refractivity contribution is 0.0546. The fourth-order valence-corrected chi connectivity index (χ4v) is 8.84. The van der Waals surface area contributed by atoms with Crippen LogP contribution in [0.2, 0.25) is 0 Å². The largest absolute Gasteiger partial charge is 0.0625 e. The van der Waals surface area contributed by atoms with Gasteiger partial charge in [-0.15, -0.1) is 0 Å². The minimum atomic E-state index is 0.653. The second-order valence-electron chi connectivity index (χ2n) is 13.5. The predicted octanol–water partition coefficient (Wildman–Crippen LogP) is 8.80. The molecule has 0 saturated heterocycles. The summed E-state index contributed by atoms with van der Waals surface area (Å²) in [5.74, 6) is 10.7. The molecule has 3 saturated carbocycles. The van der Waals surface area contributed by atoms with Gasteiger partial charge in [-0.05, 0) is 101 Å². The van der Waals surface area contributed by atoms with E-state index in [1.54, 1.807) is 0 Å². The Balaban J connectivity index is 1.62. The van der Waals surface area contributed by atoms with Crippen molar-refractivity contribution in [3.8, 4) is 0 Å². The van der Waals surface area contributed by atoms with Gasteiger partial charge in [-0.25, -0.2) is 0 Å². The van der Waals surface area contributed by atoms with Gasteiger partial charge in [0.25, 0.3) is 0 Å². The molecule has 0 amide bonds. The van der Waals surface area contributed by atoms with Crippen molar-refractivity contribution < 1.29 is 0 Å². The Morgan fingerprint density at radius 1 is 0.690 bits per heavy atom. The monoisotopic (exact) mass is 402 g/mol. The molecule has 3 aliphatic carbocycles. The van der Waals surface area contributed by atoms with Crippen molar-refractivity contribution in [1.82, 2.24) is 0 Å². The molecule has 0 radical (unpaired) electrons. The van der Waals surface area contributed by atoms with Crippen LogP contribution in [-0.4, -0.2) is 0 Å². The second kappa shape index (κ2) is 7.85. The quantitative estimate of drug-likeness (QED) is 0.361. The zero-order valence-corrected chi connectivity index (χ0v) is 22.0. The Morgan fingerprint density at radius 3 is 1.66 bits per heavy atom. The predicted molar refractivity (Wildman–Crippen MR) is 129 cm³/mol. The Bertz CT molecular complexity index is 575. The molecule has 3 rings (SSSR count). The Kier molecular flexibility index (Phi) is 6.40. The maximum atomic E-state index is 2.68. The van der Waals surface area contributed by atoms with Crippen molar-refractivity contribution in [3.05, 3.63) is 0 Å². The summed E-state index contributed by atoms with van der Waals surface area (Å²) in [6.07, 6.45) is 4.55. The number of hydrogen-bond donors (Lipinski definition) is 0. The third kappa shape index (κ3) is 3.55. The third-order valence-corrected chi connectivity index (χ3v) is 12.1. The molecule has 0 aromatic heterocycles. The van der Waals surface area contributed by atoms with Gasteiger partial charge in [-0.2, -0.15) is 0 Å². The van der Waals surface area contributed by atoms with Gasteiger partial charge in [0.15, 0.2) is 0 Å². The van der Waals surface area contributed by atoms with Crippen molar-refractivity contribution in [1.29, 1.82) is 0 Å². The molecule has 170 valence electrons. The molecule has 0 N–H and O–H groups in total. The highest BCUT2D eigenvalue weighted by atomic mass is 14.8. The van der Waals surface area contributed by atoms with Gasteiger partial charge in [0.05, 0.1) is 0 Å². The van der Waals surface area contributed by atoms with Crippen molar-refractivity contribution in [2.24, 2.45) is 81.8 Å². The summed E-state index contributed by atoms with van der Waals surface area (Å²) in [5, 5.41) is 0. The summed E-state index contributed by atoms with van der Waals surface area (Å²) in [4.78, 5) is 0. The zero-order chi connectivity index (χ0) is 22.0. The van der Waals surface area contributed by atoms with Crippen molar-refractivity contribution in [2.75, 3.05) is 0 Å². The normalized spacial score (nSPS) is 44.9. The maximum absolute atomic E-state index is 2.68. The van der Waals surface area contributed by atoms with E-state index >= 15 is 0 Å². The Morgan fingerprint density at radius 2 is 1.21 bits per heavy atom. The average Bonchev–Trinajstić information content (AvgIpc) is 3.50. The average molecular weight is 403 g/mol. The highest BCUT2D eigenvalue weighted by Gasteiger charge is 2.78. The van der Waals surface area contributed by atoms with Crippen LogP contribution in [-0.2, 0) is 0 Å². The molecular formula is C29H54. The van der Waals surface area contributed by atoms with E-state index in [1.165, 1.54) is 19.3 Å². The van der Waals surface area contributed by atoms with Crippen molar-refractivity contribution in [3.63, 3.8) is 0 Å². The van der Waals surface area contributed by atoms with Gasteiger partial charge in [0.1, 0.15) is 0 Å². The van der Waals surface area contributed by atoms with Crippen LogP contribution in [0.25, 0.3) is 0 Å². The molecule has 12 unspecified atom stereocenters. The van der Waals surface area contributed by atoms with Gasteiger partial charge >= 0.3 is 0 Å². The molecular weight excluding hydrogens is 348 g/mol. The number of hydrogen-bond acceptors (Lipinski definition) is 0. The van der Waals surface area contributed by atoms with Gasteiger partial charge in [-0.3, -0.25) is 0 Å². The summed E-state index contributed by atoms with van der Waals surface area (Å²) in [5.41, 5.74) is 1.40. The second-order valence-corrected chi connectivity index (χ2v) is 13.5. The lowest BCUT2D eigenvalue weighted by Crippen LogP contribution is -2.36. The van der Waals surface area contributed by atoms with Gasteiger partial charge in [-0.1, -0.05) is 83.1 Å². The minimum Gasteiger partial charge on any atom is -0.0625 e. The van der Waals surface area contributed by atoms with E-state index in [2.05, 4.69) is 83.1 Å². The minimum absolute atomic E-state index is 0.653. The van der Waals surface area contributed by atoms with E-state index in [-0.39, 0.29) is 0 Å². The molecule has 0 nitrogen and oxygen atoms in total. The van der Waals surface area contributed by atoms with E-state index in [9.17, 15) is 0 Å². The molecule has 0 heteroatoms. The van der Waals surface area contributed by atoms with Crippen LogP contribution in [0, 0.1) is 81.8 Å². The van der Waals surface area contributed by atoms with E-state index in [0.717, 1.165) is 76.4 Å². The van der Waals surface area contributed by atoms with Crippen LogP contribution < -0.4 is 0 Å². The highest BCUT2D eigenvalue weighted by Crippen LogP contribution is 2.84. The summed E-state index contributed by atoms with van der Waals surface area (Å²) in [6.45, 7) is 30.4. The van der Waals surface area contributed by atoms with E-state index in [1.807, 2.05) is 0 Å². The molecule has 0 bridgehead atoms. The first-order valence-corrected chi connectivity index (χ1v) is 13.3. The van der Waals surface area contributed by atoms with Crippen LogP contribution in [0.1, 0.15) is 102 Å². The van der Waals surface area contributed by atoms with E-state index in [4.69, 9.17) is 0 Å². The van der Waals surface area contributed by atoms with Crippen molar-refractivity contribution in [2.45, 2.75) is 102 Å². The first kappa shape index (κ1) is 23.7. The molecule has 12 atom stereocenters. The molecule has 0 aliphatic heterocycles. The van der Waals surface area contributed by atoms with Gasteiger partial charge < -0.3 is 0 Å². The molecule has 0 aromatic carbocycles.